The maximum absolute atomic E-state index is 13.0. The maximum atomic E-state index is 13.0. The summed E-state index contributed by atoms with van der Waals surface area (Å²) in [6.45, 7) is -1.67. The Balaban J connectivity index is 1.50. The third-order valence-electron chi connectivity index (χ3n) is 5.04. The first-order chi connectivity index (χ1) is 15.3. The molecule has 1 aromatic heterocycles. The number of aromatic nitrogens is 2. The number of urea groups is 1. The minimum Gasteiger partial charge on any atom is -0.497 e. The summed E-state index contributed by atoms with van der Waals surface area (Å²) in [5.74, 6) is 0.438. The summed E-state index contributed by atoms with van der Waals surface area (Å²) in [4.78, 5) is 30.7. The lowest BCUT2D eigenvalue weighted by atomic mass is 9.92. The molecule has 166 valence electrons. The first kappa shape index (κ1) is 21.2. The van der Waals surface area contributed by atoms with Gasteiger partial charge in [0.25, 0.3) is 5.91 Å². The van der Waals surface area contributed by atoms with Crippen LogP contribution in [0.4, 0.5) is 13.6 Å². The molecule has 1 saturated heterocycles. The smallest absolute Gasteiger partial charge is 0.387 e. The van der Waals surface area contributed by atoms with E-state index in [0.717, 1.165) is 4.90 Å². The summed E-state index contributed by atoms with van der Waals surface area (Å²) in [6.07, 6.45) is 0. The van der Waals surface area contributed by atoms with Gasteiger partial charge in [-0.05, 0) is 48.9 Å². The molecule has 3 aromatic rings. The molecule has 2 aromatic carbocycles. The number of methoxy groups -OCH3 is 1. The van der Waals surface area contributed by atoms with Gasteiger partial charge in [-0.3, -0.25) is 9.69 Å². The predicted molar refractivity (Wildman–Crippen MR) is 106 cm³/mol. The van der Waals surface area contributed by atoms with Crippen LogP contribution in [0.15, 0.2) is 53.1 Å². The number of carbonyl (C=O) groups is 2. The van der Waals surface area contributed by atoms with E-state index in [1.54, 1.807) is 31.4 Å². The SMILES string of the molecule is COc1ccc(-c2noc(CN3C(=O)N[C@@](C)(c4ccc(OC(F)F)cc4)C3=O)n2)cc1. The quantitative estimate of drug-likeness (QED) is 0.557. The highest BCUT2D eigenvalue weighted by Crippen LogP contribution is 2.31. The average Bonchev–Trinajstić information content (AvgIpc) is 3.33. The summed E-state index contributed by atoms with van der Waals surface area (Å²) in [5.41, 5.74) is -0.308. The zero-order valence-corrected chi connectivity index (χ0v) is 17.0. The molecule has 1 aliphatic rings. The highest BCUT2D eigenvalue weighted by Gasteiger charge is 2.49. The molecule has 1 aliphatic heterocycles. The lowest BCUT2D eigenvalue weighted by molar-refractivity contribution is -0.131. The molecule has 1 atom stereocenters. The number of ether oxygens (including phenoxy) is 2. The summed E-state index contributed by atoms with van der Waals surface area (Å²) in [6, 6.07) is 11.8. The minimum absolute atomic E-state index is 0.0575. The summed E-state index contributed by atoms with van der Waals surface area (Å²) >= 11 is 0. The van der Waals surface area contributed by atoms with Gasteiger partial charge < -0.3 is 19.3 Å². The average molecular weight is 444 g/mol. The van der Waals surface area contributed by atoms with Crippen molar-refractivity contribution in [1.82, 2.24) is 20.4 Å². The van der Waals surface area contributed by atoms with E-state index in [1.165, 1.54) is 31.2 Å². The van der Waals surface area contributed by atoms with Crippen molar-refractivity contribution in [1.29, 1.82) is 0 Å². The first-order valence-electron chi connectivity index (χ1n) is 9.46. The Hall–Kier alpha value is -4.02. The number of benzene rings is 2. The van der Waals surface area contributed by atoms with Crippen LogP contribution in [0.2, 0.25) is 0 Å². The van der Waals surface area contributed by atoms with Gasteiger partial charge in [0.1, 0.15) is 23.6 Å². The van der Waals surface area contributed by atoms with Crippen LogP contribution in [-0.4, -0.2) is 40.7 Å². The van der Waals surface area contributed by atoms with Gasteiger partial charge in [-0.2, -0.15) is 13.8 Å². The van der Waals surface area contributed by atoms with E-state index in [2.05, 4.69) is 20.2 Å². The van der Waals surface area contributed by atoms with Crippen molar-refractivity contribution in [2.75, 3.05) is 7.11 Å². The normalized spacial score (nSPS) is 18.2. The zero-order chi connectivity index (χ0) is 22.9. The third-order valence-corrected chi connectivity index (χ3v) is 5.04. The van der Waals surface area contributed by atoms with Crippen molar-refractivity contribution < 1.29 is 32.4 Å². The Bertz CT molecular complexity index is 1130. The van der Waals surface area contributed by atoms with Gasteiger partial charge in [0.05, 0.1) is 7.11 Å². The van der Waals surface area contributed by atoms with Crippen molar-refractivity contribution >= 4 is 11.9 Å². The molecule has 2 heterocycles. The maximum Gasteiger partial charge on any atom is 0.387 e. The van der Waals surface area contributed by atoms with Crippen LogP contribution in [0.1, 0.15) is 18.4 Å². The number of halogens is 2. The molecule has 9 nitrogen and oxygen atoms in total. The number of carbonyl (C=O) groups excluding carboxylic acids is 2. The second-order valence-corrected chi connectivity index (χ2v) is 7.09. The van der Waals surface area contributed by atoms with Crippen LogP contribution in [0.5, 0.6) is 11.5 Å². The van der Waals surface area contributed by atoms with Gasteiger partial charge in [-0.15, -0.1) is 0 Å². The first-order valence-corrected chi connectivity index (χ1v) is 9.46. The molecular formula is C21H18F2N4O5. The number of hydrogen-bond donors (Lipinski definition) is 1. The van der Waals surface area contributed by atoms with Crippen LogP contribution in [-0.2, 0) is 16.9 Å². The summed E-state index contributed by atoms with van der Waals surface area (Å²) in [5, 5.41) is 6.51. The standard InChI is InChI=1S/C21H18F2N4O5/c1-21(13-5-9-15(10-6-13)31-19(22)23)18(28)27(20(29)25-21)11-16-24-17(26-32-16)12-3-7-14(30-2)8-4-12/h3-10,19H,11H2,1-2H3,(H,25,29)/t21-/m0/s1. The Morgan fingerprint density at radius 1 is 1.09 bits per heavy atom. The van der Waals surface area contributed by atoms with E-state index in [9.17, 15) is 18.4 Å². The molecule has 1 fully saturated rings. The molecular weight excluding hydrogens is 426 g/mol. The van der Waals surface area contributed by atoms with Gasteiger partial charge in [-0.25, -0.2) is 4.79 Å². The second kappa shape index (κ2) is 8.25. The monoisotopic (exact) mass is 444 g/mol. The molecule has 0 saturated carbocycles. The third kappa shape index (κ3) is 3.96. The number of nitrogens with one attached hydrogen (secondary N) is 1. The largest absolute Gasteiger partial charge is 0.497 e. The molecule has 11 heteroatoms. The van der Waals surface area contributed by atoms with Crippen LogP contribution >= 0.6 is 0 Å². The topological polar surface area (TPSA) is 107 Å². The van der Waals surface area contributed by atoms with E-state index < -0.39 is 24.1 Å². The van der Waals surface area contributed by atoms with Crippen LogP contribution < -0.4 is 14.8 Å². The molecule has 0 bridgehead atoms. The van der Waals surface area contributed by atoms with Crippen molar-refractivity contribution in [2.24, 2.45) is 0 Å². The Kier molecular flexibility index (Phi) is 5.47. The van der Waals surface area contributed by atoms with E-state index >= 15 is 0 Å². The zero-order valence-electron chi connectivity index (χ0n) is 17.0. The van der Waals surface area contributed by atoms with E-state index in [-0.39, 0.29) is 18.2 Å². The van der Waals surface area contributed by atoms with Gasteiger partial charge in [0.15, 0.2) is 0 Å². The van der Waals surface area contributed by atoms with E-state index in [4.69, 9.17) is 9.26 Å². The number of rotatable bonds is 7. The van der Waals surface area contributed by atoms with Crippen LogP contribution in [0.3, 0.4) is 0 Å². The van der Waals surface area contributed by atoms with Crippen LogP contribution in [0.25, 0.3) is 11.4 Å². The molecule has 1 N–H and O–H groups in total. The fourth-order valence-corrected chi connectivity index (χ4v) is 3.32. The van der Waals surface area contributed by atoms with Gasteiger partial charge in [0.2, 0.25) is 11.7 Å². The number of amides is 3. The Morgan fingerprint density at radius 2 is 1.75 bits per heavy atom. The van der Waals surface area contributed by atoms with Crippen molar-refractivity contribution in [3.8, 4) is 22.9 Å². The van der Waals surface area contributed by atoms with Gasteiger partial charge >= 0.3 is 12.6 Å². The van der Waals surface area contributed by atoms with Crippen molar-refractivity contribution in [3.63, 3.8) is 0 Å². The second-order valence-electron chi connectivity index (χ2n) is 7.09. The van der Waals surface area contributed by atoms with Gasteiger partial charge in [-0.1, -0.05) is 17.3 Å². The van der Waals surface area contributed by atoms with Crippen LogP contribution in [0, 0.1) is 0 Å². The van der Waals surface area contributed by atoms with E-state index in [1.807, 2.05) is 0 Å². The highest BCUT2D eigenvalue weighted by atomic mass is 19.3. The number of hydrogen-bond acceptors (Lipinski definition) is 7. The molecule has 0 aliphatic carbocycles. The molecule has 0 radical (unpaired) electrons. The summed E-state index contributed by atoms with van der Waals surface area (Å²) < 4.78 is 39.3. The van der Waals surface area contributed by atoms with Crippen molar-refractivity contribution in [2.45, 2.75) is 25.6 Å². The van der Waals surface area contributed by atoms with Crippen molar-refractivity contribution in [3.05, 3.63) is 60.0 Å². The molecule has 0 unspecified atom stereocenters. The number of nitrogens with zero attached hydrogens (tertiary/aromatic N) is 3. The lowest BCUT2D eigenvalue weighted by Crippen LogP contribution is -2.40. The molecule has 4 rings (SSSR count). The number of imide groups is 1. The molecule has 0 spiro atoms. The van der Waals surface area contributed by atoms with E-state index in [0.29, 0.717) is 22.7 Å². The highest BCUT2D eigenvalue weighted by molar-refractivity contribution is 6.07. The Morgan fingerprint density at radius 3 is 2.38 bits per heavy atom. The fourth-order valence-electron chi connectivity index (χ4n) is 3.32. The molecule has 3 amide bonds. The lowest BCUT2D eigenvalue weighted by Gasteiger charge is -2.22. The van der Waals surface area contributed by atoms with Gasteiger partial charge in [0, 0.05) is 5.56 Å². The molecule has 32 heavy (non-hydrogen) atoms. The fraction of sp³-hybridized carbons (Fsp3) is 0.238. The minimum atomic E-state index is -2.96. The summed E-state index contributed by atoms with van der Waals surface area (Å²) in [7, 11) is 1.55. The Labute approximate surface area is 180 Å². The predicted octanol–water partition coefficient (Wildman–Crippen LogP) is 3.31. The number of alkyl halides is 2.